The van der Waals surface area contributed by atoms with Gasteiger partial charge in [-0.05, 0) is 42.8 Å². The van der Waals surface area contributed by atoms with Gasteiger partial charge in [0.2, 0.25) is 0 Å². The van der Waals surface area contributed by atoms with E-state index in [0.717, 1.165) is 23.2 Å². The van der Waals surface area contributed by atoms with E-state index < -0.39 is 17.5 Å². The van der Waals surface area contributed by atoms with Crippen LogP contribution in [0.2, 0.25) is 0 Å². The Labute approximate surface area is 250 Å². The third kappa shape index (κ3) is 5.94. The van der Waals surface area contributed by atoms with Gasteiger partial charge in [-0.15, -0.1) is 0 Å². The number of aromatic nitrogens is 4. The summed E-state index contributed by atoms with van der Waals surface area (Å²) in [5, 5.41) is 2.74. The molecular formula is C33H28F3N5O3. The fourth-order valence-corrected chi connectivity index (χ4v) is 4.96. The number of hydrogen-bond acceptors (Lipinski definition) is 5. The Morgan fingerprint density at radius 3 is 2.50 bits per heavy atom. The highest BCUT2D eigenvalue weighted by atomic mass is 19.1. The zero-order valence-electron chi connectivity index (χ0n) is 23.9. The zero-order valence-corrected chi connectivity index (χ0v) is 23.9. The summed E-state index contributed by atoms with van der Waals surface area (Å²) in [4.78, 5) is 25.5. The number of aryl methyl sites for hydroxylation is 1. The van der Waals surface area contributed by atoms with Crippen LogP contribution in [0.3, 0.4) is 0 Å². The molecule has 2 aromatic heterocycles. The van der Waals surface area contributed by atoms with Gasteiger partial charge >= 0.3 is 0 Å². The van der Waals surface area contributed by atoms with Gasteiger partial charge in [0.05, 0.1) is 34.5 Å². The van der Waals surface area contributed by atoms with Crippen LogP contribution in [0.1, 0.15) is 40.4 Å². The summed E-state index contributed by atoms with van der Waals surface area (Å²) in [7, 11) is 1.85. The molecule has 1 atom stereocenters. The van der Waals surface area contributed by atoms with Crippen molar-refractivity contribution in [1.82, 2.24) is 24.8 Å². The molecule has 8 nitrogen and oxygen atoms in total. The van der Waals surface area contributed by atoms with E-state index in [1.807, 2.05) is 48.9 Å². The van der Waals surface area contributed by atoms with Crippen molar-refractivity contribution in [3.8, 4) is 11.5 Å². The number of aromatic amines is 1. The van der Waals surface area contributed by atoms with Crippen molar-refractivity contribution in [3.05, 3.63) is 119 Å². The number of rotatable bonds is 10. The molecule has 11 heteroatoms. The number of halogens is 3. The van der Waals surface area contributed by atoms with Crippen molar-refractivity contribution in [3.63, 3.8) is 0 Å². The molecule has 224 valence electrons. The van der Waals surface area contributed by atoms with Crippen molar-refractivity contribution >= 4 is 28.0 Å². The number of nitrogens with one attached hydrogen (secondary N) is 2. The molecule has 1 unspecified atom stereocenters. The van der Waals surface area contributed by atoms with Gasteiger partial charge in [-0.1, -0.05) is 30.3 Å². The minimum atomic E-state index is -0.810. The fourth-order valence-electron chi connectivity index (χ4n) is 4.96. The van der Waals surface area contributed by atoms with Crippen molar-refractivity contribution in [2.45, 2.75) is 19.4 Å². The van der Waals surface area contributed by atoms with Crippen molar-refractivity contribution in [2.24, 2.45) is 7.05 Å². The molecule has 0 aliphatic heterocycles. The molecule has 2 N–H and O–H groups in total. The van der Waals surface area contributed by atoms with Crippen LogP contribution in [0.5, 0.6) is 11.5 Å². The zero-order chi connectivity index (χ0) is 30.8. The quantitative estimate of drug-likeness (QED) is 0.178. The molecule has 1 amide bonds. The molecule has 4 aromatic carbocycles. The lowest BCUT2D eigenvalue weighted by Crippen LogP contribution is -2.28. The first kappa shape index (κ1) is 28.8. The molecule has 0 aliphatic rings. The number of hydrogen-bond donors (Lipinski definition) is 2. The van der Waals surface area contributed by atoms with E-state index in [4.69, 9.17) is 19.4 Å². The minimum absolute atomic E-state index is 0.00591. The highest BCUT2D eigenvalue weighted by molar-refractivity contribution is 5.97. The Kier molecular flexibility index (Phi) is 7.93. The van der Waals surface area contributed by atoms with Crippen LogP contribution in [0, 0.1) is 17.5 Å². The fraction of sp³-hybridized carbons (Fsp3) is 0.182. The van der Waals surface area contributed by atoms with Crippen LogP contribution in [-0.4, -0.2) is 38.6 Å². The molecule has 0 spiro atoms. The maximum absolute atomic E-state index is 14.8. The van der Waals surface area contributed by atoms with E-state index in [1.165, 1.54) is 12.1 Å². The van der Waals surface area contributed by atoms with E-state index in [-0.39, 0.29) is 43.1 Å². The summed E-state index contributed by atoms with van der Waals surface area (Å²) in [6, 6.07) is 20.7. The standard InChI is InChI=1S/C33H28F3N5O3/c1-19(31-38-26-16-24(36)30(17-27(26)39-31)44-18-20-6-4-3-5-7-20)32-40-25-10-8-21(14-28(25)41(32)2)33(42)37-12-13-43-29-11-9-22(34)15-23(29)35/h3-11,14-17,19H,12-13,18H2,1-2H3,(H,37,42)(H,38,39). The summed E-state index contributed by atoms with van der Waals surface area (Å²) in [6.07, 6.45) is 0. The predicted octanol–water partition coefficient (Wildman–Crippen LogP) is 6.41. The van der Waals surface area contributed by atoms with Gasteiger partial charge in [-0.2, -0.15) is 0 Å². The van der Waals surface area contributed by atoms with E-state index in [0.29, 0.717) is 33.8 Å². The van der Waals surface area contributed by atoms with Crippen LogP contribution >= 0.6 is 0 Å². The summed E-state index contributed by atoms with van der Waals surface area (Å²) in [6.45, 7) is 2.30. The number of amides is 1. The largest absolute Gasteiger partial charge is 0.489 e. The van der Waals surface area contributed by atoms with Crippen molar-refractivity contribution in [1.29, 1.82) is 0 Å². The van der Waals surface area contributed by atoms with E-state index in [1.54, 1.807) is 24.3 Å². The third-order valence-electron chi connectivity index (χ3n) is 7.31. The first-order valence-electron chi connectivity index (χ1n) is 13.9. The molecule has 6 aromatic rings. The molecule has 0 saturated heterocycles. The molecule has 44 heavy (non-hydrogen) atoms. The first-order chi connectivity index (χ1) is 21.3. The SMILES string of the molecule is CC(c1nc2cc(OCc3ccccc3)c(F)cc2[nH]1)c1nc2ccc(C(=O)NCCOc3ccc(F)cc3F)cc2n1C. The number of benzene rings is 4. The lowest BCUT2D eigenvalue weighted by Gasteiger charge is -2.10. The maximum Gasteiger partial charge on any atom is 0.251 e. The maximum atomic E-state index is 14.8. The van der Waals surface area contributed by atoms with Gasteiger partial charge < -0.3 is 24.3 Å². The normalized spacial score (nSPS) is 12.0. The van der Waals surface area contributed by atoms with Gasteiger partial charge in [-0.3, -0.25) is 4.79 Å². The van der Waals surface area contributed by atoms with Crippen LogP contribution in [0.4, 0.5) is 13.2 Å². The first-order valence-corrected chi connectivity index (χ1v) is 13.9. The Morgan fingerprint density at radius 2 is 1.70 bits per heavy atom. The number of nitrogens with zero attached hydrogens (tertiary/aromatic N) is 3. The van der Waals surface area contributed by atoms with Gasteiger partial charge in [0.15, 0.2) is 23.1 Å². The smallest absolute Gasteiger partial charge is 0.251 e. The molecule has 0 saturated carbocycles. The average molecular weight is 600 g/mol. The van der Waals surface area contributed by atoms with Crippen LogP contribution in [0.15, 0.2) is 78.9 Å². The second kappa shape index (κ2) is 12.1. The minimum Gasteiger partial charge on any atom is -0.489 e. The highest BCUT2D eigenvalue weighted by Gasteiger charge is 2.21. The number of carbonyl (C=O) groups is 1. The predicted molar refractivity (Wildman–Crippen MR) is 159 cm³/mol. The Bertz CT molecular complexity index is 1970. The number of H-pyrrole nitrogens is 1. The number of carbonyl (C=O) groups excluding carboxylic acids is 1. The summed E-state index contributed by atoms with van der Waals surface area (Å²) in [5.74, 6) is -1.28. The molecule has 0 radical (unpaired) electrons. The van der Waals surface area contributed by atoms with Gasteiger partial charge in [0.25, 0.3) is 5.91 Å². The molecule has 0 aliphatic carbocycles. The Balaban J connectivity index is 1.14. The Morgan fingerprint density at radius 1 is 0.909 bits per heavy atom. The van der Waals surface area contributed by atoms with Crippen LogP contribution in [-0.2, 0) is 13.7 Å². The van der Waals surface area contributed by atoms with Gasteiger partial charge in [0.1, 0.15) is 30.7 Å². The molecule has 6 rings (SSSR count). The van der Waals surface area contributed by atoms with E-state index >= 15 is 0 Å². The van der Waals surface area contributed by atoms with Crippen LogP contribution in [0.25, 0.3) is 22.1 Å². The third-order valence-corrected chi connectivity index (χ3v) is 7.31. The van der Waals surface area contributed by atoms with Gasteiger partial charge in [-0.25, -0.2) is 23.1 Å². The monoisotopic (exact) mass is 599 g/mol. The molecule has 0 fully saturated rings. The number of fused-ring (bicyclic) bond motifs is 2. The highest BCUT2D eigenvalue weighted by Crippen LogP contribution is 2.30. The lowest BCUT2D eigenvalue weighted by atomic mass is 10.1. The number of ether oxygens (including phenoxy) is 2. The Hall–Kier alpha value is -5.32. The second-order valence-corrected chi connectivity index (χ2v) is 10.3. The molecule has 0 bridgehead atoms. The lowest BCUT2D eigenvalue weighted by molar-refractivity contribution is 0.0947. The second-order valence-electron chi connectivity index (χ2n) is 10.3. The summed E-state index contributed by atoms with van der Waals surface area (Å²) in [5.41, 5.74) is 3.89. The van der Waals surface area contributed by atoms with Crippen LogP contribution < -0.4 is 14.8 Å². The molecule has 2 heterocycles. The summed E-state index contributed by atoms with van der Waals surface area (Å²) < 4.78 is 54.5. The van der Waals surface area contributed by atoms with Gasteiger partial charge in [0, 0.05) is 30.8 Å². The summed E-state index contributed by atoms with van der Waals surface area (Å²) >= 11 is 0. The average Bonchev–Trinajstić information content (AvgIpc) is 3.59. The van der Waals surface area contributed by atoms with E-state index in [9.17, 15) is 18.0 Å². The van der Waals surface area contributed by atoms with E-state index in [2.05, 4.69) is 10.3 Å². The topological polar surface area (TPSA) is 94.1 Å². The molecular weight excluding hydrogens is 571 g/mol. The van der Waals surface area contributed by atoms with Crippen molar-refractivity contribution in [2.75, 3.05) is 13.2 Å². The number of imidazole rings is 2. The van der Waals surface area contributed by atoms with Crippen molar-refractivity contribution < 1.29 is 27.4 Å².